The second-order valence-corrected chi connectivity index (χ2v) is 8.81. The van der Waals surface area contributed by atoms with Gasteiger partial charge in [-0.2, -0.15) is 9.29 Å². The van der Waals surface area contributed by atoms with E-state index in [-0.39, 0.29) is 40.4 Å². The van der Waals surface area contributed by atoms with Crippen molar-refractivity contribution >= 4 is 27.6 Å². The summed E-state index contributed by atoms with van der Waals surface area (Å²) in [4.78, 5) is 21.0. The van der Waals surface area contributed by atoms with Gasteiger partial charge in [-0.1, -0.05) is 0 Å². The Morgan fingerprint density at radius 1 is 1.41 bits per heavy atom. The van der Waals surface area contributed by atoms with Gasteiger partial charge in [0.2, 0.25) is 21.8 Å². The number of hydrogen-bond acceptors (Lipinski definition) is 8. The lowest BCUT2D eigenvalue weighted by Crippen LogP contribution is -2.33. The predicted octanol–water partition coefficient (Wildman–Crippen LogP) is 1.27. The van der Waals surface area contributed by atoms with Gasteiger partial charge in [-0.15, -0.1) is 0 Å². The third kappa shape index (κ3) is 4.46. The lowest BCUT2D eigenvalue weighted by atomic mass is 10.0. The predicted molar refractivity (Wildman–Crippen MR) is 106 cm³/mol. The number of ketones is 1. The van der Waals surface area contributed by atoms with Crippen molar-refractivity contribution in [3.63, 3.8) is 0 Å². The first-order valence-electron chi connectivity index (χ1n) is 9.00. The number of halogens is 1. The summed E-state index contributed by atoms with van der Waals surface area (Å²) >= 11 is 0. The molecule has 1 aromatic carbocycles. The van der Waals surface area contributed by atoms with Crippen LogP contribution in [0.5, 0.6) is 5.75 Å². The molecular weight excluding hydrogens is 401 g/mol. The van der Waals surface area contributed by atoms with Crippen LogP contribution >= 0.6 is 0 Å². The molecule has 1 aliphatic heterocycles. The van der Waals surface area contributed by atoms with Crippen molar-refractivity contribution in [1.29, 1.82) is 0 Å². The van der Waals surface area contributed by atoms with E-state index in [0.717, 1.165) is 6.07 Å². The Kier molecular flexibility index (Phi) is 5.99. The summed E-state index contributed by atoms with van der Waals surface area (Å²) in [5.41, 5.74) is 5.96. The molecule has 3 N–H and O–H groups in total. The summed E-state index contributed by atoms with van der Waals surface area (Å²) in [5, 5.41) is 3.04. The van der Waals surface area contributed by atoms with E-state index in [1.54, 1.807) is 6.92 Å². The van der Waals surface area contributed by atoms with Crippen molar-refractivity contribution in [2.45, 2.75) is 19.4 Å². The van der Waals surface area contributed by atoms with Crippen molar-refractivity contribution in [1.82, 2.24) is 14.3 Å². The number of carbonyl (C=O) groups excluding carboxylic acids is 1. The zero-order chi connectivity index (χ0) is 21.2. The number of carbonyl (C=O) groups is 1. The van der Waals surface area contributed by atoms with E-state index in [2.05, 4.69) is 15.3 Å². The first kappa shape index (κ1) is 20.9. The summed E-state index contributed by atoms with van der Waals surface area (Å²) in [6.45, 7) is 2.32. The van der Waals surface area contributed by atoms with Crippen LogP contribution < -0.4 is 15.8 Å². The average Bonchev–Trinajstić information content (AvgIpc) is 3.17. The Labute approximate surface area is 168 Å². The minimum absolute atomic E-state index is 0.0136. The smallest absolute Gasteiger partial charge is 0.224 e. The summed E-state index contributed by atoms with van der Waals surface area (Å²) < 4.78 is 44.0. The molecule has 0 aliphatic carbocycles. The molecule has 1 fully saturated rings. The van der Waals surface area contributed by atoms with Crippen molar-refractivity contribution in [3.05, 3.63) is 41.3 Å². The van der Waals surface area contributed by atoms with Gasteiger partial charge in [-0.05, 0) is 31.5 Å². The molecule has 0 spiro atoms. The molecule has 0 unspecified atom stereocenters. The van der Waals surface area contributed by atoms with Gasteiger partial charge in [0.1, 0.15) is 17.4 Å². The average molecular weight is 423 g/mol. The second-order valence-electron chi connectivity index (χ2n) is 6.55. The highest BCUT2D eigenvalue weighted by atomic mass is 32.2. The van der Waals surface area contributed by atoms with Crippen molar-refractivity contribution in [2.75, 3.05) is 37.0 Å². The molecule has 9 nitrogen and oxygen atoms in total. The van der Waals surface area contributed by atoms with Crippen molar-refractivity contribution < 1.29 is 22.3 Å². The fraction of sp³-hybridized carbons (Fsp3) is 0.389. The normalized spacial score (nSPS) is 17.3. The number of benzene rings is 1. The van der Waals surface area contributed by atoms with Crippen LogP contribution in [0.4, 0.5) is 16.2 Å². The number of sulfonamides is 1. The van der Waals surface area contributed by atoms with E-state index in [1.165, 1.54) is 29.7 Å². The quantitative estimate of drug-likeness (QED) is 0.638. The van der Waals surface area contributed by atoms with Gasteiger partial charge >= 0.3 is 0 Å². The first-order chi connectivity index (χ1) is 13.7. The highest BCUT2D eigenvalue weighted by Crippen LogP contribution is 2.25. The van der Waals surface area contributed by atoms with Crippen molar-refractivity contribution in [2.24, 2.45) is 0 Å². The van der Waals surface area contributed by atoms with E-state index in [0.29, 0.717) is 19.5 Å². The van der Waals surface area contributed by atoms with Crippen LogP contribution in [-0.2, 0) is 10.0 Å². The van der Waals surface area contributed by atoms with Crippen LogP contribution in [0.2, 0.25) is 0 Å². The first-order valence-corrected chi connectivity index (χ1v) is 10.6. The van der Waals surface area contributed by atoms with Crippen LogP contribution in [0.3, 0.4) is 0 Å². The maximum absolute atomic E-state index is 13.6. The Bertz CT molecular complexity index is 1030. The summed E-state index contributed by atoms with van der Waals surface area (Å²) in [5.74, 6) is -0.781. The fourth-order valence-electron chi connectivity index (χ4n) is 3.11. The molecule has 1 aliphatic rings. The number of hydrogen-bond donors (Lipinski definition) is 2. The van der Waals surface area contributed by atoms with E-state index >= 15 is 0 Å². The molecule has 2 aromatic rings. The van der Waals surface area contributed by atoms with Gasteiger partial charge in [0, 0.05) is 25.3 Å². The molecule has 1 aromatic heterocycles. The molecule has 0 saturated carbocycles. The summed E-state index contributed by atoms with van der Waals surface area (Å²) in [7, 11) is -1.87. The molecule has 29 heavy (non-hydrogen) atoms. The van der Waals surface area contributed by atoms with Gasteiger partial charge in [-0.25, -0.2) is 17.8 Å². The third-order valence-corrected chi connectivity index (χ3v) is 6.56. The molecule has 0 radical (unpaired) electrons. The molecule has 156 valence electrons. The van der Waals surface area contributed by atoms with E-state index in [4.69, 9.17) is 10.5 Å². The molecule has 0 amide bonds. The Hall–Kier alpha value is -2.79. The lowest BCUT2D eigenvalue weighted by Gasteiger charge is -2.16. The Morgan fingerprint density at radius 2 is 2.17 bits per heavy atom. The van der Waals surface area contributed by atoms with E-state index < -0.39 is 21.6 Å². The number of nitrogens with two attached hydrogens (primary N) is 1. The van der Waals surface area contributed by atoms with Crippen LogP contribution in [0.25, 0.3) is 0 Å². The molecule has 2 heterocycles. The number of nitrogen functional groups attached to an aromatic ring is 1. The highest BCUT2D eigenvalue weighted by Gasteiger charge is 2.30. The number of nitrogens with zero attached hydrogens (tertiary/aromatic N) is 3. The van der Waals surface area contributed by atoms with Crippen LogP contribution in [0.1, 0.15) is 29.3 Å². The molecule has 3 rings (SSSR count). The van der Waals surface area contributed by atoms with Gasteiger partial charge in [0.25, 0.3) is 0 Å². The maximum Gasteiger partial charge on any atom is 0.224 e. The molecular formula is C18H22FN5O4S. The summed E-state index contributed by atoms with van der Waals surface area (Å²) in [6, 6.07) is 3.44. The molecule has 1 atom stereocenters. The fourth-order valence-corrected chi connectivity index (χ4v) is 4.26. The Balaban J connectivity index is 1.76. The van der Waals surface area contributed by atoms with E-state index in [1.807, 2.05) is 0 Å². The van der Waals surface area contributed by atoms with E-state index in [9.17, 15) is 17.6 Å². The minimum Gasteiger partial charge on any atom is -0.496 e. The maximum atomic E-state index is 13.6. The number of aromatic nitrogens is 2. The number of anilines is 2. The third-order valence-electron chi connectivity index (χ3n) is 4.71. The molecule has 0 bridgehead atoms. The molecule has 11 heteroatoms. The largest absolute Gasteiger partial charge is 0.496 e. The number of ether oxygens (including phenoxy) is 1. The van der Waals surface area contributed by atoms with Crippen LogP contribution in [0, 0.1) is 5.82 Å². The van der Waals surface area contributed by atoms with Gasteiger partial charge in [-0.3, -0.25) is 4.79 Å². The zero-order valence-electron chi connectivity index (χ0n) is 16.1. The monoisotopic (exact) mass is 423 g/mol. The second kappa shape index (κ2) is 8.29. The van der Waals surface area contributed by atoms with Crippen LogP contribution in [-0.4, -0.2) is 60.5 Å². The SMILES string of the molecule is CCS(=O)(=O)N1CC[C@H](Nc2ncc(C(=O)c3cc(F)ccc3OC)c(N)n2)C1. The number of nitrogens with one attached hydrogen (secondary N) is 1. The number of methoxy groups -OCH3 is 1. The zero-order valence-corrected chi connectivity index (χ0v) is 16.9. The topological polar surface area (TPSA) is 128 Å². The standard InChI is InChI=1S/C18H22FN5O4S/c1-3-29(26,27)24-7-6-12(10-24)22-18-21-9-14(17(20)23-18)16(25)13-8-11(19)4-5-15(13)28-2/h4-5,8-9,12H,3,6-7,10H2,1-2H3,(H3,20,21,22,23)/t12-/m0/s1. The van der Waals surface area contributed by atoms with Gasteiger partial charge in [0.05, 0.1) is 24.0 Å². The van der Waals surface area contributed by atoms with Crippen LogP contribution in [0.15, 0.2) is 24.4 Å². The Morgan fingerprint density at radius 3 is 2.83 bits per heavy atom. The number of rotatable bonds is 7. The van der Waals surface area contributed by atoms with Crippen molar-refractivity contribution in [3.8, 4) is 5.75 Å². The van der Waals surface area contributed by atoms with Gasteiger partial charge < -0.3 is 15.8 Å². The minimum atomic E-state index is -3.25. The van der Waals surface area contributed by atoms with Gasteiger partial charge in [0.15, 0.2) is 0 Å². The summed E-state index contributed by atoms with van der Waals surface area (Å²) in [6.07, 6.45) is 1.86. The molecule has 1 saturated heterocycles. The lowest BCUT2D eigenvalue weighted by molar-refractivity contribution is 0.103. The highest BCUT2D eigenvalue weighted by molar-refractivity contribution is 7.89.